The number of hydrogen-bond acceptors (Lipinski definition) is 4. The van der Waals surface area contributed by atoms with E-state index in [4.69, 9.17) is 23.2 Å². The molecule has 158 valence electrons. The van der Waals surface area contributed by atoms with Crippen LogP contribution in [-0.4, -0.2) is 50.3 Å². The molecule has 0 saturated carbocycles. The molecule has 0 atom stereocenters. The van der Waals surface area contributed by atoms with Crippen molar-refractivity contribution in [3.63, 3.8) is 0 Å². The highest BCUT2D eigenvalue weighted by Crippen LogP contribution is 2.37. The number of alkyl halides is 3. The molecule has 2 aromatic carbocycles. The van der Waals surface area contributed by atoms with Crippen molar-refractivity contribution in [2.45, 2.75) is 6.18 Å². The molecule has 0 unspecified atom stereocenters. The number of benzene rings is 2. The average molecular weight is 460 g/mol. The lowest BCUT2D eigenvalue weighted by atomic mass is 10.1. The first-order valence-electron chi connectivity index (χ1n) is 8.42. The maximum Gasteiger partial charge on any atom is 0.406 e. The van der Waals surface area contributed by atoms with E-state index in [1.165, 1.54) is 12.1 Å². The first-order chi connectivity index (χ1) is 14.1. The smallest absolute Gasteiger partial charge is 0.406 e. The molecule has 1 aromatic heterocycles. The van der Waals surface area contributed by atoms with Crippen molar-refractivity contribution in [3.8, 4) is 22.7 Å². The highest BCUT2D eigenvalue weighted by Gasteiger charge is 2.36. The molecule has 30 heavy (non-hydrogen) atoms. The molecule has 0 spiro atoms. The number of halogens is 5. The SMILES string of the molecule is O=C(c1nn(-c2ccccc2Cl)c(-c2ccc(Cl)cc2)c1O)N(CO)CC(F)(F)F. The third-order valence-electron chi connectivity index (χ3n) is 4.09. The van der Waals surface area contributed by atoms with Gasteiger partial charge in [0.15, 0.2) is 11.4 Å². The van der Waals surface area contributed by atoms with Crippen LogP contribution in [-0.2, 0) is 0 Å². The van der Waals surface area contributed by atoms with Crippen LogP contribution in [0.1, 0.15) is 10.5 Å². The average Bonchev–Trinajstić information content (AvgIpc) is 3.03. The zero-order valence-electron chi connectivity index (χ0n) is 15.1. The number of aliphatic hydroxyl groups excluding tert-OH is 1. The number of amides is 1. The van der Waals surface area contributed by atoms with E-state index in [0.29, 0.717) is 10.6 Å². The van der Waals surface area contributed by atoms with Gasteiger partial charge in [-0.2, -0.15) is 18.3 Å². The second-order valence-corrected chi connectivity index (χ2v) is 7.02. The van der Waals surface area contributed by atoms with Crippen molar-refractivity contribution in [1.29, 1.82) is 0 Å². The largest absolute Gasteiger partial charge is 0.504 e. The number of carbonyl (C=O) groups excluding carboxylic acids is 1. The quantitative estimate of drug-likeness (QED) is 0.550. The van der Waals surface area contributed by atoms with E-state index in [0.717, 1.165) is 4.68 Å². The Morgan fingerprint density at radius 2 is 1.73 bits per heavy atom. The number of nitrogens with zero attached hydrogens (tertiary/aromatic N) is 3. The lowest BCUT2D eigenvalue weighted by molar-refractivity contribution is -0.146. The Morgan fingerprint density at radius 3 is 2.30 bits per heavy atom. The summed E-state index contributed by atoms with van der Waals surface area (Å²) < 4.78 is 39.4. The predicted octanol–water partition coefficient (Wildman–Crippen LogP) is 4.51. The molecular weight excluding hydrogens is 446 g/mol. The molecule has 3 aromatic rings. The molecule has 1 amide bonds. The van der Waals surface area contributed by atoms with Gasteiger partial charge in [-0.1, -0.05) is 47.5 Å². The van der Waals surface area contributed by atoms with Crippen LogP contribution in [0.2, 0.25) is 10.0 Å². The van der Waals surface area contributed by atoms with Crippen LogP contribution in [0.3, 0.4) is 0 Å². The summed E-state index contributed by atoms with van der Waals surface area (Å²) in [6.45, 7) is -2.93. The highest BCUT2D eigenvalue weighted by atomic mass is 35.5. The molecule has 2 N–H and O–H groups in total. The zero-order valence-corrected chi connectivity index (χ0v) is 16.6. The van der Waals surface area contributed by atoms with Gasteiger partial charge in [0.25, 0.3) is 5.91 Å². The zero-order chi connectivity index (χ0) is 22.1. The van der Waals surface area contributed by atoms with Crippen LogP contribution >= 0.6 is 23.2 Å². The lowest BCUT2D eigenvalue weighted by Crippen LogP contribution is -2.39. The summed E-state index contributed by atoms with van der Waals surface area (Å²) in [5.74, 6) is -1.96. The molecule has 1 heterocycles. The molecule has 0 aliphatic rings. The Balaban J connectivity index is 2.19. The van der Waals surface area contributed by atoms with Crippen LogP contribution in [0.15, 0.2) is 48.5 Å². The molecule has 0 bridgehead atoms. The Morgan fingerprint density at radius 1 is 1.10 bits per heavy atom. The number of para-hydroxylation sites is 1. The molecule has 11 heteroatoms. The molecule has 0 aliphatic heterocycles. The highest BCUT2D eigenvalue weighted by molar-refractivity contribution is 6.32. The number of aromatic nitrogens is 2. The van der Waals surface area contributed by atoms with Crippen molar-refractivity contribution in [2.75, 3.05) is 13.3 Å². The minimum absolute atomic E-state index is 0.0213. The predicted molar refractivity (Wildman–Crippen MR) is 105 cm³/mol. The van der Waals surface area contributed by atoms with Gasteiger partial charge in [-0.3, -0.25) is 4.79 Å². The van der Waals surface area contributed by atoms with Crippen molar-refractivity contribution >= 4 is 29.1 Å². The van der Waals surface area contributed by atoms with Crippen LogP contribution in [0.4, 0.5) is 13.2 Å². The first kappa shape index (κ1) is 21.9. The third-order valence-corrected chi connectivity index (χ3v) is 4.66. The van der Waals surface area contributed by atoms with Gasteiger partial charge in [0, 0.05) is 10.6 Å². The van der Waals surface area contributed by atoms with E-state index >= 15 is 0 Å². The van der Waals surface area contributed by atoms with E-state index < -0.39 is 36.8 Å². The summed E-state index contributed by atoms with van der Waals surface area (Å²) in [6, 6.07) is 12.5. The molecule has 0 radical (unpaired) electrons. The summed E-state index contributed by atoms with van der Waals surface area (Å²) >= 11 is 12.1. The van der Waals surface area contributed by atoms with E-state index in [1.54, 1.807) is 36.4 Å². The first-order valence-corrected chi connectivity index (χ1v) is 9.17. The van der Waals surface area contributed by atoms with Gasteiger partial charge in [-0.15, -0.1) is 0 Å². The monoisotopic (exact) mass is 459 g/mol. The Hall–Kier alpha value is -2.75. The fourth-order valence-electron chi connectivity index (χ4n) is 2.77. The molecule has 6 nitrogen and oxygen atoms in total. The molecular formula is C19H14Cl2F3N3O3. The van der Waals surface area contributed by atoms with Crippen molar-refractivity contribution in [3.05, 3.63) is 64.3 Å². The summed E-state index contributed by atoms with van der Waals surface area (Å²) in [6.07, 6.45) is -4.75. The minimum Gasteiger partial charge on any atom is -0.504 e. The second-order valence-electron chi connectivity index (χ2n) is 6.18. The fourth-order valence-corrected chi connectivity index (χ4v) is 3.11. The third kappa shape index (κ3) is 4.53. The summed E-state index contributed by atoms with van der Waals surface area (Å²) in [7, 11) is 0. The molecule has 0 saturated heterocycles. The van der Waals surface area contributed by atoms with Crippen molar-refractivity contribution < 1.29 is 28.2 Å². The van der Waals surface area contributed by atoms with Gasteiger partial charge in [-0.25, -0.2) is 4.68 Å². The van der Waals surface area contributed by atoms with Crippen LogP contribution in [0.5, 0.6) is 5.75 Å². The van der Waals surface area contributed by atoms with E-state index in [2.05, 4.69) is 5.10 Å². The maximum absolute atomic E-state index is 12.8. The van der Waals surface area contributed by atoms with Gasteiger partial charge >= 0.3 is 6.18 Å². The summed E-state index contributed by atoms with van der Waals surface area (Å²) in [5.41, 5.74) is 0.0192. The summed E-state index contributed by atoms with van der Waals surface area (Å²) in [4.78, 5) is 12.7. The van der Waals surface area contributed by atoms with E-state index in [-0.39, 0.29) is 21.3 Å². The van der Waals surface area contributed by atoms with E-state index in [9.17, 15) is 28.2 Å². The Bertz CT molecular complexity index is 1070. The number of rotatable bonds is 5. The van der Waals surface area contributed by atoms with Crippen LogP contribution in [0, 0.1) is 0 Å². The lowest BCUT2D eigenvalue weighted by Gasteiger charge is -2.20. The number of carbonyl (C=O) groups is 1. The number of aromatic hydroxyl groups is 1. The Kier molecular flexibility index (Phi) is 6.25. The topological polar surface area (TPSA) is 78.6 Å². The van der Waals surface area contributed by atoms with Gasteiger partial charge in [0.2, 0.25) is 0 Å². The molecule has 0 fully saturated rings. The van der Waals surface area contributed by atoms with Crippen molar-refractivity contribution in [2.24, 2.45) is 0 Å². The normalized spacial score (nSPS) is 11.5. The van der Waals surface area contributed by atoms with Gasteiger partial charge < -0.3 is 15.1 Å². The van der Waals surface area contributed by atoms with Crippen LogP contribution in [0.25, 0.3) is 16.9 Å². The second kappa shape index (κ2) is 8.55. The van der Waals surface area contributed by atoms with E-state index in [1.807, 2.05) is 0 Å². The number of aliphatic hydroxyl groups is 1. The van der Waals surface area contributed by atoms with Gasteiger partial charge in [-0.05, 0) is 24.3 Å². The fraction of sp³-hybridized carbons (Fsp3) is 0.158. The summed E-state index contributed by atoms with van der Waals surface area (Å²) in [5, 5.41) is 24.6. The molecule has 0 aliphatic carbocycles. The standard InChI is InChI=1S/C19H14Cl2F3N3O3/c20-12-7-5-11(6-8-12)16-17(29)15(18(30)26(10-28)9-19(22,23)24)25-27(16)14-4-2-1-3-13(14)21/h1-8,28-29H,9-10H2. The maximum atomic E-state index is 12.8. The Labute approximate surface area is 178 Å². The van der Waals surface area contributed by atoms with Gasteiger partial charge in [0.05, 0.1) is 10.7 Å². The minimum atomic E-state index is -4.75. The van der Waals surface area contributed by atoms with Crippen LogP contribution < -0.4 is 0 Å². The van der Waals surface area contributed by atoms with Gasteiger partial charge in [0.1, 0.15) is 19.0 Å². The molecule has 3 rings (SSSR count). The van der Waals surface area contributed by atoms with Crippen molar-refractivity contribution in [1.82, 2.24) is 14.7 Å². The number of hydrogen-bond donors (Lipinski definition) is 2.